The van der Waals surface area contributed by atoms with Crippen molar-refractivity contribution >= 4 is 11.8 Å². The van der Waals surface area contributed by atoms with Crippen LogP contribution in [0.4, 0.5) is 0 Å². The van der Waals surface area contributed by atoms with Gasteiger partial charge in [-0.2, -0.15) is 0 Å². The van der Waals surface area contributed by atoms with Crippen molar-refractivity contribution in [2.45, 2.75) is 85.1 Å². The largest absolute Gasteiger partial charge is 0.352 e. The maximum absolute atomic E-state index is 12.1. The zero-order valence-electron chi connectivity index (χ0n) is 16.3. The van der Waals surface area contributed by atoms with Crippen molar-refractivity contribution in [3.63, 3.8) is 0 Å². The molecule has 0 saturated carbocycles. The van der Waals surface area contributed by atoms with Gasteiger partial charge in [-0.3, -0.25) is 9.59 Å². The molecule has 0 aromatic rings. The molecule has 5 heteroatoms. The number of amides is 2. The molecule has 142 valence electrons. The van der Waals surface area contributed by atoms with Gasteiger partial charge in [0.15, 0.2) is 0 Å². The number of rotatable bonds is 10. The number of nitrogens with zero attached hydrogens (tertiary/aromatic N) is 1. The summed E-state index contributed by atoms with van der Waals surface area (Å²) < 4.78 is 0. The lowest BCUT2D eigenvalue weighted by Crippen LogP contribution is -2.48. The van der Waals surface area contributed by atoms with Crippen LogP contribution in [0.1, 0.15) is 79.1 Å². The summed E-state index contributed by atoms with van der Waals surface area (Å²) in [5, 5.41) is 6.07. The highest BCUT2D eigenvalue weighted by atomic mass is 16.2. The van der Waals surface area contributed by atoms with Gasteiger partial charge in [0.2, 0.25) is 11.8 Å². The molecule has 1 rings (SSSR count). The molecule has 0 atom stereocenters. The summed E-state index contributed by atoms with van der Waals surface area (Å²) in [6, 6.07) is 0.222. The van der Waals surface area contributed by atoms with Crippen molar-refractivity contribution in [3.8, 4) is 0 Å². The second kappa shape index (κ2) is 15.4. The van der Waals surface area contributed by atoms with Crippen LogP contribution in [0.25, 0.3) is 0 Å². The first-order valence-corrected chi connectivity index (χ1v) is 9.95. The summed E-state index contributed by atoms with van der Waals surface area (Å²) in [6.45, 7) is 10.9. The summed E-state index contributed by atoms with van der Waals surface area (Å²) in [5.41, 5.74) is 0. The van der Waals surface area contributed by atoms with E-state index in [1.807, 2.05) is 25.7 Å². The quantitative estimate of drug-likeness (QED) is 0.600. The standard InChI is InChI=1S/C17H33N3O2.C2H6/c1-3-5-6-7-8-9-17(22)20-12-10-15(11-13-20)19-16(21)14-18-4-2;1-2/h15,18H,3-14H2,1-2H3,(H,19,21);1-2H3. The predicted molar refractivity (Wildman–Crippen MR) is 101 cm³/mol. The smallest absolute Gasteiger partial charge is 0.234 e. The van der Waals surface area contributed by atoms with Crippen molar-refractivity contribution < 1.29 is 9.59 Å². The number of carbonyl (C=O) groups excluding carboxylic acids is 2. The Kier molecular flexibility index (Phi) is 14.7. The minimum Gasteiger partial charge on any atom is -0.352 e. The number of unbranched alkanes of at least 4 members (excludes halogenated alkanes) is 4. The van der Waals surface area contributed by atoms with Crippen LogP contribution in [0.2, 0.25) is 0 Å². The van der Waals surface area contributed by atoms with Crippen LogP contribution in [-0.2, 0) is 9.59 Å². The summed E-state index contributed by atoms with van der Waals surface area (Å²) in [6.07, 6.45) is 8.35. The van der Waals surface area contributed by atoms with Crippen LogP contribution in [-0.4, -0.2) is 48.9 Å². The van der Waals surface area contributed by atoms with E-state index in [2.05, 4.69) is 17.6 Å². The van der Waals surface area contributed by atoms with E-state index in [0.717, 1.165) is 45.3 Å². The Balaban J connectivity index is 0.00000254. The zero-order valence-corrected chi connectivity index (χ0v) is 16.3. The first kappa shape index (κ1) is 22.9. The second-order valence-electron chi connectivity index (χ2n) is 6.17. The number of carbonyl (C=O) groups is 2. The van der Waals surface area contributed by atoms with Crippen molar-refractivity contribution in [1.29, 1.82) is 0 Å². The van der Waals surface area contributed by atoms with Gasteiger partial charge in [0.1, 0.15) is 0 Å². The molecule has 1 aliphatic heterocycles. The van der Waals surface area contributed by atoms with E-state index in [1.54, 1.807) is 0 Å². The number of likely N-dealkylation sites (tertiary alicyclic amines) is 1. The predicted octanol–water partition coefficient (Wildman–Crippen LogP) is 3.09. The van der Waals surface area contributed by atoms with Gasteiger partial charge in [-0.25, -0.2) is 0 Å². The van der Waals surface area contributed by atoms with Crippen LogP contribution in [0.15, 0.2) is 0 Å². The molecule has 0 unspecified atom stereocenters. The first-order chi connectivity index (χ1) is 11.7. The van der Waals surface area contributed by atoms with Crippen molar-refractivity contribution in [2.24, 2.45) is 0 Å². The molecule has 0 aromatic carbocycles. The molecular formula is C19H39N3O2. The highest BCUT2D eigenvalue weighted by Gasteiger charge is 2.23. The third-order valence-electron chi connectivity index (χ3n) is 4.24. The zero-order chi connectivity index (χ0) is 18.2. The van der Waals surface area contributed by atoms with Gasteiger partial charge in [-0.15, -0.1) is 0 Å². The van der Waals surface area contributed by atoms with Crippen LogP contribution in [0.5, 0.6) is 0 Å². The molecule has 2 amide bonds. The summed E-state index contributed by atoms with van der Waals surface area (Å²) >= 11 is 0. The van der Waals surface area contributed by atoms with Crippen LogP contribution < -0.4 is 10.6 Å². The Bertz CT molecular complexity index is 327. The third-order valence-corrected chi connectivity index (χ3v) is 4.24. The van der Waals surface area contributed by atoms with Crippen molar-refractivity contribution in [1.82, 2.24) is 15.5 Å². The average Bonchev–Trinajstić information content (AvgIpc) is 2.62. The highest BCUT2D eigenvalue weighted by molar-refractivity contribution is 5.78. The second-order valence-corrected chi connectivity index (χ2v) is 6.17. The molecule has 0 aliphatic carbocycles. The van der Waals surface area contributed by atoms with Crippen LogP contribution in [0, 0.1) is 0 Å². The Morgan fingerprint density at radius 3 is 2.21 bits per heavy atom. The van der Waals surface area contributed by atoms with E-state index in [4.69, 9.17) is 0 Å². The van der Waals surface area contributed by atoms with Gasteiger partial charge in [-0.05, 0) is 25.8 Å². The summed E-state index contributed by atoms with van der Waals surface area (Å²) in [4.78, 5) is 25.8. The molecule has 1 fully saturated rings. The maximum atomic E-state index is 12.1. The SMILES string of the molecule is CC.CCCCCCCC(=O)N1CCC(NC(=O)CNCC)CC1. The molecule has 0 spiro atoms. The Hall–Kier alpha value is -1.10. The Morgan fingerprint density at radius 2 is 1.62 bits per heavy atom. The van der Waals surface area contributed by atoms with E-state index in [1.165, 1.54) is 19.3 Å². The molecule has 1 saturated heterocycles. The van der Waals surface area contributed by atoms with Gasteiger partial charge in [-0.1, -0.05) is 53.4 Å². The van der Waals surface area contributed by atoms with Crippen LogP contribution in [0.3, 0.4) is 0 Å². The van der Waals surface area contributed by atoms with E-state index < -0.39 is 0 Å². The summed E-state index contributed by atoms with van der Waals surface area (Å²) in [5.74, 6) is 0.344. The normalized spacial score (nSPS) is 14.8. The maximum Gasteiger partial charge on any atom is 0.234 e. The van der Waals surface area contributed by atoms with Gasteiger partial charge < -0.3 is 15.5 Å². The molecule has 24 heavy (non-hydrogen) atoms. The molecular weight excluding hydrogens is 302 g/mol. The van der Waals surface area contributed by atoms with Gasteiger partial charge in [0.25, 0.3) is 0 Å². The number of hydrogen-bond acceptors (Lipinski definition) is 3. The fourth-order valence-corrected chi connectivity index (χ4v) is 2.83. The first-order valence-electron chi connectivity index (χ1n) is 9.95. The molecule has 0 radical (unpaired) electrons. The van der Waals surface area contributed by atoms with Crippen LogP contribution >= 0.6 is 0 Å². The molecule has 0 aromatic heterocycles. The number of nitrogens with one attached hydrogen (secondary N) is 2. The lowest BCUT2D eigenvalue weighted by Gasteiger charge is -2.32. The number of hydrogen-bond donors (Lipinski definition) is 2. The van der Waals surface area contributed by atoms with Gasteiger partial charge >= 0.3 is 0 Å². The summed E-state index contributed by atoms with van der Waals surface area (Å²) in [7, 11) is 0. The minimum atomic E-state index is 0.0579. The van der Waals surface area contributed by atoms with Gasteiger partial charge in [0, 0.05) is 25.6 Å². The molecule has 1 aliphatic rings. The molecule has 5 nitrogen and oxygen atoms in total. The lowest BCUT2D eigenvalue weighted by molar-refractivity contribution is -0.132. The lowest BCUT2D eigenvalue weighted by atomic mass is 10.0. The van der Waals surface area contributed by atoms with E-state index in [-0.39, 0.29) is 17.9 Å². The fraction of sp³-hybridized carbons (Fsp3) is 0.895. The topological polar surface area (TPSA) is 61.4 Å². The fourth-order valence-electron chi connectivity index (χ4n) is 2.83. The van der Waals surface area contributed by atoms with Gasteiger partial charge in [0.05, 0.1) is 6.54 Å². The molecule has 1 heterocycles. The third kappa shape index (κ3) is 10.6. The Labute approximate surface area is 148 Å². The Morgan fingerprint density at radius 1 is 1.00 bits per heavy atom. The molecule has 2 N–H and O–H groups in total. The molecule has 0 bridgehead atoms. The minimum absolute atomic E-state index is 0.0579. The monoisotopic (exact) mass is 341 g/mol. The van der Waals surface area contributed by atoms with E-state index >= 15 is 0 Å². The number of piperidine rings is 1. The average molecular weight is 342 g/mol. The van der Waals surface area contributed by atoms with E-state index in [0.29, 0.717) is 13.0 Å². The van der Waals surface area contributed by atoms with Crippen molar-refractivity contribution in [2.75, 3.05) is 26.2 Å². The van der Waals surface area contributed by atoms with E-state index in [9.17, 15) is 9.59 Å². The number of likely N-dealkylation sites (N-methyl/N-ethyl adjacent to an activating group) is 1. The highest BCUT2D eigenvalue weighted by Crippen LogP contribution is 2.13. The van der Waals surface area contributed by atoms with Crippen molar-refractivity contribution in [3.05, 3.63) is 0 Å².